The summed E-state index contributed by atoms with van der Waals surface area (Å²) in [5, 5.41) is 15.9. The second kappa shape index (κ2) is 5.64. The van der Waals surface area contributed by atoms with Gasteiger partial charge in [0.05, 0.1) is 6.07 Å². The molecule has 2 rings (SSSR count). The summed E-state index contributed by atoms with van der Waals surface area (Å²) in [6.45, 7) is 2.72. The van der Waals surface area contributed by atoms with Gasteiger partial charge >= 0.3 is 5.88 Å². The average Bonchev–Trinajstić information content (AvgIpc) is 2.95. The van der Waals surface area contributed by atoms with Gasteiger partial charge in [0.1, 0.15) is 16.7 Å². The Kier molecular flexibility index (Phi) is 4.15. The van der Waals surface area contributed by atoms with E-state index in [0.29, 0.717) is 5.76 Å². The van der Waals surface area contributed by atoms with Crippen molar-refractivity contribution in [2.24, 2.45) is 0 Å². The van der Waals surface area contributed by atoms with E-state index < -0.39 is 4.92 Å². The number of nitrogens with zero attached hydrogens (tertiary/aromatic N) is 1. The maximum atomic E-state index is 10.6. The number of thiophene rings is 1. The van der Waals surface area contributed by atoms with Gasteiger partial charge in [0.2, 0.25) is 0 Å². The Balaban J connectivity index is 2.35. The molecule has 0 saturated carbocycles. The lowest BCUT2D eigenvalue weighted by molar-refractivity contribution is -0.402. The molecule has 0 aliphatic rings. The molecule has 0 saturated heterocycles. The van der Waals surface area contributed by atoms with Crippen LogP contribution < -0.4 is 5.32 Å². The van der Waals surface area contributed by atoms with Gasteiger partial charge in [-0.25, -0.2) is 0 Å². The minimum atomic E-state index is -0.532. The molecule has 0 fully saturated rings. The van der Waals surface area contributed by atoms with Gasteiger partial charge in [-0.2, -0.15) is 0 Å². The van der Waals surface area contributed by atoms with E-state index in [-0.39, 0.29) is 11.9 Å². The van der Waals surface area contributed by atoms with Crippen molar-refractivity contribution >= 4 is 33.2 Å². The Morgan fingerprint density at radius 1 is 1.56 bits per heavy atom. The SMILES string of the molecule is CCNC(c1ccc([N+](=O)[O-])o1)c1sccc1Br. The van der Waals surface area contributed by atoms with Crippen molar-refractivity contribution in [3.63, 3.8) is 0 Å². The van der Waals surface area contributed by atoms with Crippen LogP contribution in [0.1, 0.15) is 23.6 Å². The number of halogens is 1. The molecular weight excluding hydrogens is 320 g/mol. The van der Waals surface area contributed by atoms with E-state index in [2.05, 4.69) is 21.2 Å². The van der Waals surface area contributed by atoms with Crippen LogP contribution in [0.4, 0.5) is 5.88 Å². The Morgan fingerprint density at radius 2 is 2.33 bits per heavy atom. The molecule has 0 aliphatic carbocycles. The van der Waals surface area contributed by atoms with Crippen LogP contribution in [0.15, 0.2) is 32.5 Å². The summed E-state index contributed by atoms with van der Waals surface area (Å²) in [6.07, 6.45) is 0. The van der Waals surface area contributed by atoms with Gasteiger partial charge < -0.3 is 9.73 Å². The maximum absolute atomic E-state index is 10.6. The highest BCUT2D eigenvalue weighted by atomic mass is 79.9. The van der Waals surface area contributed by atoms with Crippen molar-refractivity contribution in [1.82, 2.24) is 5.32 Å². The van der Waals surface area contributed by atoms with Crippen LogP contribution >= 0.6 is 27.3 Å². The van der Waals surface area contributed by atoms with E-state index in [9.17, 15) is 10.1 Å². The van der Waals surface area contributed by atoms with Crippen molar-refractivity contribution in [2.45, 2.75) is 13.0 Å². The van der Waals surface area contributed by atoms with Crippen molar-refractivity contribution in [3.05, 3.63) is 48.8 Å². The molecule has 2 heterocycles. The molecule has 0 radical (unpaired) electrons. The number of nitro groups is 1. The minimum absolute atomic E-state index is 0.168. The van der Waals surface area contributed by atoms with Gasteiger partial charge in [-0.05, 0) is 40.0 Å². The molecule has 2 aromatic rings. The molecule has 0 aromatic carbocycles. The van der Waals surface area contributed by atoms with E-state index in [1.807, 2.05) is 18.4 Å². The van der Waals surface area contributed by atoms with Gasteiger partial charge in [0.15, 0.2) is 0 Å². The van der Waals surface area contributed by atoms with Crippen molar-refractivity contribution in [1.29, 1.82) is 0 Å². The first-order chi connectivity index (χ1) is 8.63. The summed E-state index contributed by atoms with van der Waals surface area (Å²) in [5.74, 6) is 0.312. The predicted molar refractivity (Wildman–Crippen MR) is 72.9 cm³/mol. The molecule has 0 spiro atoms. The lowest BCUT2D eigenvalue weighted by Crippen LogP contribution is -2.20. The molecule has 0 bridgehead atoms. The van der Waals surface area contributed by atoms with Crippen molar-refractivity contribution in [2.75, 3.05) is 6.54 Å². The zero-order valence-corrected chi connectivity index (χ0v) is 12.0. The van der Waals surface area contributed by atoms with Crippen LogP contribution in [0.2, 0.25) is 0 Å². The third kappa shape index (κ3) is 2.63. The van der Waals surface area contributed by atoms with Crippen LogP contribution in [0.5, 0.6) is 0 Å². The van der Waals surface area contributed by atoms with Crippen LogP contribution in [0, 0.1) is 10.1 Å². The third-order valence-corrected chi connectivity index (χ3v) is 4.33. The fourth-order valence-corrected chi connectivity index (χ4v) is 3.32. The lowest BCUT2D eigenvalue weighted by atomic mass is 10.2. The molecule has 5 nitrogen and oxygen atoms in total. The summed E-state index contributed by atoms with van der Waals surface area (Å²) >= 11 is 5.04. The van der Waals surface area contributed by atoms with E-state index in [4.69, 9.17) is 4.42 Å². The quantitative estimate of drug-likeness (QED) is 0.670. The smallest absolute Gasteiger partial charge is 0.404 e. The lowest BCUT2D eigenvalue weighted by Gasteiger charge is -2.14. The summed E-state index contributed by atoms with van der Waals surface area (Å²) < 4.78 is 6.23. The topological polar surface area (TPSA) is 68.3 Å². The Hall–Kier alpha value is -1.18. The van der Waals surface area contributed by atoms with Crippen LogP contribution in [0.3, 0.4) is 0 Å². The summed E-state index contributed by atoms with van der Waals surface area (Å²) in [7, 11) is 0. The fraction of sp³-hybridized carbons (Fsp3) is 0.273. The largest absolute Gasteiger partial charge is 0.433 e. The molecule has 7 heteroatoms. The van der Waals surface area contributed by atoms with E-state index >= 15 is 0 Å². The number of furan rings is 1. The predicted octanol–water partition coefficient (Wildman–Crippen LogP) is 3.71. The number of hydrogen-bond donors (Lipinski definition) is 1. The number of hydrogen-bond acceptors (Lipinski definition) is 5. The molecule has 1 atom stereocenters. The first-order valence-corrected chi connectivity index (χ1v) is 7.01. The second-order valence-electron chi connectivity index (χ2n) is 3.56. The molecule has 2 aromatic heterocycles. The normalized spacial score (nSPS) is 12.6. The van der Waals surface area contributed by atoms with E-state index in [0.717, 1.165) is 15.9 Å². The van der Waals surface area contributed by atoms with Crippen LogP contribution in [-0.4, -0.2) is 11.5 Å². The Labute approximate surface area is 116 Å². The van der Waals surface area contributed by atoms with Crippen LogP contribution in [-0.2, 0) is 0 Å². The first kappa shape index (κ1) is 13.3. The molecule has 18 heavy (non-hydrogen) atoms. The van der Waals surface area contributed by atoms with Gasteiger partial charge in [0, 0.05) is 9.35 Å². The highest BCUT2D eigenvalue weighted by molar-refractivity contribution is 9.10. The molecule has 1 N–H and O–H groups in total. The van der Waals surface area contributed by atoms with E-state index in [1.54, 1.807) is 17.4 Å². The Morgan fingerprint density at radius 3 is 2.83 bits per heavy atom. The number of nitrogens with one attached hydrogen (secondary N) is 1. The highest BCUT2D eigenvalue weighted by Gasteiger charge is 2.23. The summed E-state index contributed by atoms with van der Waals surface area (Å²) in [5.41, 5.74) is 0. The van der Waals surface area contributed by atoms with E-state index in [1.165, 1.54) is 6.07 Å². The van der Waals surface area contributed by atoms with Crippen molar-refractivity contribution in [3.8, 4) is 0 Å². The molecule has 96 valence electrons. The molecular formula is C11H11BrN2O3S. The first-order valence-electron chi connectivity index (χ1n) is 5.34. The van der Waals surface area contributed by atoms with Crippen LogP contribution in [0.25, 0.3) is 0 Å². The van der Waals surface area contributed by atoms with Gasteiger partial charge in [-0.1, -0.05) is 6.92 Å². The zero-order chi connectivity index (χ0) is 13.1. The Bertz CT molecular complexity index is 552. The molecule has 0 amide bonds. The summed E-state index contributed by atoms with van der Waals surface area (Å²) in [6, 6.07) is 4.79. The third-order valence-electron chi connectivity index (χ3n) is 2.39. The molecule has 0 aliphatic heterocycles. The zero-order valence-electron chi connectivity index (χ0n) is 9.55. The maximum Gasteiger partial charge on any atom is 0.433 e. The number of rotatable bonds is 5. The van der Waals surface area contributed by atoms with Gasteiger partial charge in [-0.3, -0.25) is 10.1 Å². The second-order valence-corrected chi connectivity index (χ2v) is 5.36. The minimum Gasteiger partial charge on any atom is -0.404 e. The molecule has 1 unspecified atom stereocenters. The monoisotopic (exact) mass is 330 g/mol. The van der Waals surface area contributed by atoms with Gasteiger partial charge in [0.25, 0.3) is 0 Å². The van der Waals surface area contributed by atoms with Crippen molar-refractivity contribution < 1.29 is 9.34 Å². The highest BCUT2D eigenvalue weighted by Crippen LogP contribution is 2.34. The average molecular weight is 331 g/mol. The fourth-order valence-electron chi connectivity index (χ4n) is 1.63. The standard InChI is InChI=1S/C11H11BrN2O3S/c1-2-13-10(11-7(12)5-6-18-11)8-3-4-9(17-8)14(15)16/h3-6,10,13H,2H2,1H3. The summed E-state index contributed by atoms with van der Waals surface area (Å²) in [4.78, 5) is 11.1. The van der Waals surface area contributed by atoms with Gasteiger partial charge in [-0.15, -0.1) is 11.3 Å².